The van der Waals surface area contributed by atoms with E-state index < -0.39 is 28.3 Å². The highest BCUT2D eigenvalue weighted by Gasteiger charge is 2.18. The van der Waals surface area contributed by atoms with Gasteiger partial charge in [0.2, 0.25) is 0 Å². The van der Waals surface area contributed by atoms with E-state index in [-0.39, 0.29) is 11.2 Å². The molecule has 0 saturated heterocycles. The number of aliphatic hydroxyl groups excluding tert-OH is 2. The molecule has 2 N–H and O–H groups in total. The Kier molecular flexibility index (Phi) is 5.12. The molecule has 0 heterocycles. The van der Waals surface area contributed by atoms with Gasteiger partial charge in [0.15, 0.2) is 9.84 Å². The summed E-state index contributed by atoms with van der Waals surface area (Å²) >= 11 is 0. The van der Waals surface area contributed by atoms with Gasteiger partial charge in [0.25, 0.3) is 0 Å². The number of hydrogen-bond acceptors (Lipinski definition) is 4. The fourth-order valence-corrected chi connectivity index (χ4v) is 3.27. The smallest absolute Gasteiger partial charge is 0.157 e. The zero-order valence-corrected chi connectivity index (χ0v) is 12.4. The van der Waals surface area contributed by atoms with Gasteiger partial charge in [-0.25, -0.2) is 8.42 Å². The largest absolute Gasteiger partial charge is 0.394 e. The minimum absolute atomic E-state index is 0.0322. The van der Waals surface area contributed by atoms with E-state index in [1.807, 2.05) is 12.1 Å². The summed E-state index contributed by atoms with van der Waals surface area (Å²) in [6, 6.07) is 7.44. The van der Waals surface area contributed by atoms with Gasteiger partial charge in [0.05, 0.1) is 24.2 Å². The van der Waals surface area contributed by atoms with Crippen LogP contribution in [0.15, 0.2) is 24.3 Å². The number of sulfone groups is 1. The van der Waals surface area contributed by atoms with Crippen LogP contribution in [0.4, 0.5) is 0 Å². The molecular formula is C14H22O4S. The monoisotopic (exact) mass is 286 g/mol. The van der Waals surface area contributed by atoms with Gasteiger partial charge in [0, 0.05) is 0 Å². The minimum Gasteiger partial charge on any atom is -0.394 e. The Morgan fingerprint density at radius 2 is 1.68 bits per heavy atom. The van der Waals surface area contributed by atoms with Gasteiger partial charge in [-0.05, 0) is 16.5 Å². The average Bonchev–Trinajstić information content (AvgIpc) is 2.27. The molecule has 19 heavy (non-hydrogen) atoms. The SMILES string of the molecule is CC(C)(C)c1ccc(CS(=O)(=O)CC(O)CO)cc1. The third kappa shape index (κ3) is 5.30. The lowest BCUT2D eigenvalue weighted by Gasteiger charge is -2.19. The van der Waals surface area contributed by atoms with Crippen molar-refractivity contribution in [1.29, 1.82) is 0 Å². The van der Waals surface area contributed by atoms with Crippen LogP contribution in [0.3, 0.4) is 0 Å². The Balaban J connectivity index is 2.78. The van der Waals surface area contributed by atoms with E-state index in [1.165, 1.54) is 0 Å². The van der Waals surface area contributed by atoms with Crippen molar-refractivity contribution in [2.45, 2.75) is 38.0 Å². The van der Waals surface area contributed by atoms with Crippen LogP contribution in [0, 0.1) is 0 Å². The van der Waals surface area contributed by atoms with Crippen molar-refractivity contribution in [2.24, 2.45) is 0 Å². The lowest BCUT2D eigenvalue weighted by molar-refractivity contribution is 0.112. The Morgan fingerprint density at radius 1 is 1.16 bits per heavy atom. The number of benzene rings is 1. The summed E-state index contributed by atoms with van der Waals surface area (Å²) in [6.45, 7) is 5.74. The van der Waals surface area contributed by atoms with Crippen LogP contribution in [0.2, 0.25) is 0 Å². The molecule has 0 bridgehead atoms. The summed E-state index contributed by atoms with van der Waals surface area (Å²) in [6.07, 6.45) is -1.21. The van der Waals surface area contributed by atoms with Gasteiger partial charge in [-0.1, -0.05) is 45.0 Å². The van der Waals surface area contributed by atoms with Gasteiger partial charge < -0.3 is 10.2 Å². The molecule has 0 aliphatic rings. The molecule has 108 valence electrons. The van der Waals surface area contributed by atoms with E-state index >= 15 is 0 Å². The molecule has 1 unspecified atom stereocenters. The van der Waals surface area contributed by atoms with E-state index in [0.717, 1.165) is 5.56 Å². The standard InChI is InChI=1S/C14H22O4S/c1-14(2,3)12-6-4-11(5-7-12)9-19(17,18)10-13(16)8-15/h4-7,13,15-16H,8-10H2,1-3H3. The normalized spacial score (nSPS) is 14.4. The number of rotatable bonds is 5. The predicted octanol–water partition coefficient (Wildman–Crippen LogP) is 1.25. The zero-order valence-electron chi connectivity index (χ0n) is 11.6. The summed E-state index contributed by atoms with van der Waals surface area (Å²) in [5.74, 6) is -0.529. The third-order valence-electron chi connectivity index (χ3n) is 2.86. The van der Waals surface area contributed by atoms with Crippen LogP contribution in [0.1, 0.15) is 31.9 Å². The topological polar surface area (TPSA) is 74.6 Å². The molecule has 0 radical (unpaired) electrons. The molecule has 0 spiro atoms. The second-order valence-electron chi connectivity index (χ2n) is 5.84. The first kappa shape index (κ1) is 16.1. The summed E-state index contributed by atoms with van der Waals surface area (Å²) in [7, 11) is -3.40. The Morgan fingerprint density at radius 3 is 2.11 bits per heavy atom. The van der Waals surface area contributed by atoms with E-state index in [0.29, 0.717) is 5.56 Å². The first-order chi connectivity index (χ1) is 8.64. The molecule has 1 atom stereocenters. The predicted molar refractivity (Wildman–Crippen MR) is 75.7 cm³/mol. The lowest BCUT2D eigenvalue weighted by atomic mass is 9.87. The van der Waals surface area contributed by atoms with Crippen LogP contribution in [-0.4, -0.2) is 37.1 Å². The van der Waals surface area contributed by atoms with Crippen LogP contribution in [-0.2, 0) is 21.0 Å². The van der Waals surface area contributed by atoms with Crippen LogP contribution < -0.4 is 0 Å². The maximum atomic E-state index is 11.8. The Labute approximate surface area is 115 Å². The minimum atomic E-state index is -3.40. The second kappa shape index (κ2) is 6.03. The molecule has 0 aliphatic carbocycles. The van der Waals surface area contributed by atoms with Crippen molar-refractivity contribution in [3.8, 4) is 0 Å². The highest BCUT2D eigenvalue weighted by atomic mass is 32.2. The van der Waals surface area contributed by atoms with Crippen LogP contribution in [0.5, 0.6) is 0 Å². The van der Waals surface area contributed by atoms with Crippen molar-refractivity contribution in [2.75, 3.05) is 12.4 Å². The highest BCUT2D eigenvalue weighted by Crippen LogP contribution is 2.22. The van der Waals surface area contributed by atoms with Crippen molar-refractivity contribution in [3.05, 3.63) is 35.4 Å². The Bertz CT molecular complexity index is 497. The lowest BCUT2D eigenvalue weighted by Crippen LogP contribution is -2.25. The molecule has 5 heteroatoms. The molecule has 0 saturated carbocycles. The van der Waals surface area contributed by atoms with Gasteiger partial charge in [0.1, 0.15) is 0 Å². The van der Waals surface area contributed by atoms with Crippen LogP contribution in [0.25, 0.3) is 0 Å². The van der Waals surface area contributed by atoms with Gasteiger partial charge in [-0.3, -0.25) is 0 Å². The summed E-state index contributed by atoms with van der Waals surface area (Å²) < 4.78 is 23.6. The molecule has 0 amide bonds. The van der Waals surface area contributed by atoms with Crippen molar-refractivity contribution < 1.29 is 18.6 Å². The number of aliphatic hydroxyl groups is 2. The molecule has 4 nitrogen and oxygen atoms in total. The van der Waals surface area contributed by atoms with E-state index in [1.54, 1.807) is 12.1 Å². The van der Waals surface area contributed by atoms with Crippen molar-refractivity contribution in [1.82, 2.24) is 0 Å². The first-order valence-corrected chi connectivity index (χ1v) is 8.05. The molecular weight excluding hydrogens is 264 g/mol. The van der Waals surface area contributed by atoms with Crippen molar-refractivity contribution in [3.63, 3.8) is 0 Å². The fourth-order valence-electron chi connectivity index (χ4n) is 1.76. The second-order valence-corrected chi connectivity index (χ2v) is 7.95. The summed E-state index contributed by atoms with van der Waals surface area (Å²) in [4.78, 5) is 0. The molecule has 0 aromatic heterocycles. The molecule has 0 fully saturated rings. The Hall–Kier alpha value is -0.910. The maximum Gasteiger partial charge on any atom is 0.157 e. The first-order valence-electron chi connectivity index (χ1n) is 6.23. The van der Waals surface area contributed by atoms with Crippen LogP contribution >= 0.6 is 0 Å². The van der Waals surface area contributed by atoms with E-state index in [9.17, 15) is 13.5 Å². The highest BCUT2D eigenvalue weighted by molar-refractivity contribution is 7.90. The van der Waals surface area contributed by atoms with Gasteiger partial charge in [-0.15, -0.1) is 0 Å². The van der Waals surface area contributed by atoms with E-state index in [2.05, 4.69) is 20.8 Å². The molecule has 1 aromatic carbocycles. The summed E-state index contributed by atoms with van der Waals surface area (Å²) in [5, 5.41) is 17.9. The molecule has 1 aromatic rings. The molecule has 0 aliphatic heterocycles. The van der Waals surface area contributed by atoms with Crippen molar-refractivity contribution >= 4 is 9.84 Å². The van der Waals surface area contributed by atoms with Gasteiger partial charge in [-0.2, -0.15) is 0 Å². The quantitative estimate of drug-likeness (QED) is 0.854. The maximum absolute atomic E-state index is 11.8. The van der Waals surface area contributed by atoms with E-state index in [4.69, 9.17) is 5.11 Å². The number of hydrogen-bond donors (Lipinski definition) is 2. The molecule has 1 rings (SSSR count). The third-order valence-corrected chi connectivity index (χ3v) is 4.53. The average molecular weight is 286 g/mol. The fraction of sp³-hybridized carbons (Fsp3) is 0.571. The van der Waals surface area contributed by atoms with Gasteiger partial charge >= 0.3 is 0 Å². The summed E-state index contributed by atoms with van der Waals surface area (Å²) in [5.41, 5.74) is 1.87. The zero-order chi connectivity index (χ0) is 14.7.